The maximum Gasteiger partial charge on any atom is 0.191 e. The van der Waals surface area contributed by atoms with Gasteiger partial charge in [0.05, 0.1) is 67.7 Å². The van der Waals surface area contributed by atoms with Crippen LogP contribution in [0.15, 0.2) is 59.4 Å². The summed E-state index contributed by atoms with van der Waals surface area (Å²) in [6.07, 6.45) is 0. The number of fused-ring (bicyclic) bond motifs is 3. The van der Waals surface area contributed by atoms with Crippen molar-refractivity contribution in [1.29, 1.82) is 0 Å². The molecule has 0 aliphatic carbocycles. The quantitative estimate of drug-likeness (QED) is 0.0642. The van der Waals surface area contributed by atoms with Crippen LogP contribution in [0.25, 0.3) is 32.7 Å². The Morgan fingerprint density at radius 1 is 0.603 bits per heavy atom. The second kappa shape index (κ2) is 25.0. The number of ether oxygens (including phenoxy) is 6. The predicted octanol–water partition coefficient (Wildman–Crippen LogP) is 9.65. The number of rotatable bonds is 13. The zero-order chi connectivity index (χ0) is 42.8. The lowest BCUT2D eigenvalue weighted by molar-refractivity contribution is 0.207. The Kier molecular flexibility index (Phi) is 21.0. The van der Waals surface area contributed by atoms with Gasteiger partial charge < -0.3 is 49.8 Å². The SMILES string of the molecule is COCCN.COCCNc1cc(=O)c2ccc(OC)c(Cl)c2[nH]1.COCCNc1cc(Cl)c2ccc(OC)c(Cl)c2n1.COc1ccc2c(Cl)cc(Cl)nc2c1Cl. The van der Waals surface area contributed by atoms with Gasteiger partial charge in [0.1, 0.15) is 49.1 Å². The van der Waals surface area contributed by atoms with Crippen LogP contribution in [0.4, 0.5) is 11.6 Å². The molecule has 13 nitrogen and oxygen atoms in total. The van der Waals surface area contributed by atoms with Crippen LogP contribution in [0, 0.1) is 0 Å². The molecule has 6 rings (SSSR count). The highest BCUT2D eigenvalue weighted by molar-refractivity contribution is 6.42. The van der Waals surface area contributed by atoms with Crippen molar-refractivity contribution >= 4 is 114 Å². The van der Waals surface area contributed by atoms with E-state index in [0.717, 1.165) is 10.8 Å². The third kappa shape index (κ3) is 13.4. The summed E-state index contributed by atoms with van der Waals surface area (Å²) < 4.78 is 29.9. The molecule has 0 atom stereocenters. The van der Waals surface area contributed by atoms with Crippen LogP contribution in [0.1, 0.15) is 0 Å². The Morgan fingerprint density at radius 3 is 1.59 bits per heavy atom. The van der Waals surface area contributed by atoms with E-state index in [1.54, 1.807) is 78.0 Å². The summed E-state index contributed by atoms with van der Waals surface area (Å²) in [5.74, 6) is 2.91. The molecule has 19 heteroatoms. The van der Waals surface area contributed by atoms with Gasteiger partial charge in [-0.3, -0.25) is 4.79 Å². The van der Waals surface area contributed by atoms with E-state index in [2.05, 4.69) is 30.3 Å². The first kappa shape index (κ1) is 48.6. The van der Waals surface area contributed by atoms with Crippen molar-refractivity contribution in [1.82, 2.24) is 15.0 Å². The van der Waals surface area contributed by atoms with Crippen LogP contribution in [-0.2, 0) is 14.2 Å². The van der Waals surface area contributed by atoms with E-state index in [-0.39, 0.29) is 5.43 Å². The van der Waals surface area contributed by atoms with E-state index in [1.807, 2.05) is 6.07 Å². The molecule has 5 N–H and O–H groups in total. The average molecular weight is 922 g/mol. The van der Waals surface area contributed by atoms with E-state index in [4.69, 9.17) is 99.0 Å². The largest absolute Gasteiger partial charge is 0.495 e. The lowest BCUT2D eigenvalue weighted by atomic mass is 10.2. The molecule has 3 aromatic heterocycles. The monoisotopic (exact) mass is 918 g/mol. The smallest absolute Gasteiger partial charge is 0.191 e. The van der Waals surface area contributed by atoms with Gasteiger partial charge in [0, 0.05) is 63.2 Å². The van der Waals surface area contributed by atoms with E-state index in [9.17, 15) is 4.79 Å². The molecule has 314 valence electrons. The highest BCUT2D eigenvalue weighted by atomic mass is 35.5. The number of nitrogens with one attached hydrogen (secondary N) is 3. The fourth-order valence-corrected chi connectivity index (χ4v) is 6.60. The molecule has 3 heterocycles. The van der Waals surface area contributed by atoms with Crippen LogP contribution >= 0.6 is 69.6 Å². The van der Waals surface area contributed by atoms with Crippen molar-refractivity contribution in [2.75, 3.05) is 92.7 Å². The highest BCUT2D eigenvalue weighted by Gasteiger charge is 2.13. The molecule has 3 aromatic carbocycles. The summed E-state index contributed by atoms with van der Waals surface area (Å²) >= 11 is 36.6. The first-order chi connectivity index (χ1) is 27.9. The van der Waals surface area contributed by atoms with Gasteiger partial charge in [-0.05, 0) is 48.5 Å². The van der Waals surface area contributed by atoms with Gasteiger partial charge in [0.25, 0.3) is 0 Å². The summed E-state index contributed by atoms with van der Waals surface area (Å²) in [5.41, 5.74) is 6.65. The number of methoxy groups -OCH3 is 6. The van der Waals surface area contributed by atoms with Gasteiger partial charge >= 0.3 is 0 Å². The summed E-state index contributed by atoms with van der Waals surface area (Å²) in [7, 11) is 9.53. The van der Waals surface area contributed by atoms with Gasteiger partial charge in [0.15, 0.2) is 5.43 Å². The minimum atomic E-state index is -0.0989. The van der Waals surface area contributed by atoms with Crippen LogP contribution in [-0.4, -0.2) is 97.1 Å². The molecule has 0 aliphatic rings. The van der Waals surface area contributed by atoms with Crippen LogP contribution < -0.4 is 36.0 Å². The first-order valence-corrected chi connectivity index (χ1v) is 19.5. The Bertz CT molecular complexity index is 2320. The molecule has 0 unspecified atom stereocenters. The topological polar surface area (TPSA) is 164 Å². The number of pyridine rings is 3. The molecule has 0 fully saturated rings. The molecule has 0 amide bonds. The number of benzene rings is 3. The fourth-order valence-electron chi connectivity index (χ4n) is 4.98. The first-order valence-electron chi connectivity index (χ1n) is 17.2. The molecule has 0 aliphatic heterocycles. The lowest BCUT2D eigenvalue weighted by Crippen LogP contribution is -2.12. The van der Waals surface area contributed by atoms with Crippen molar-refractivity contribution in [3.8, 4) is 17.2 Å². The van der Waals surface area contributed by atoms with Crippen molar-refractivity contribution in [2.45, 2.75) is 0 Å². The summed E-state index contributed by atoms with van der Waals surface area (Å²) in [5, 5.41) is 11.0. The van der Waals surface area contributed by atoms with Crippen LogP contribution in [0.2, 0.25) is 30.3 Å². The summed E-state index contributed by atoms with van der Waals surface area (Å²) in [6.45, 7) is 3.66. The molecule has 0 saturated heterocycles. The normalized spacial score (nSPS) is 10.5. The number of anilines is 2. The minimum Gasteiger partial charge on any atom is -0.495 e. The number of hydrogen-bond donors (Lipinski definition) is 4. The second-order valence-electron chi connectivity index (χ2n) is 11.5. The summed E-state index contributed by atoms with van der Waals surface area (Å²) in [4.78, 5) is 23.7. The Hall–Kier alpha value is -3.73. The van der Waals surface area contributed by atoms with E-state index >= 15 is 0 Å². The number of aromatic nitrogens is 3. The molecule has 6 aromatic rings. The van der Waals surface area contributed by atoms with Gasteiger partial charge in [0.2, 0.25) is 0 Å². The molecule has 0 spiro atoms. The van der Waals surface area contributed by atoms with E-state index in [0.29, 0.717) is 121 Å². The van der Waals surface area contributed by atoms with E-state index in [1.165, 1.54) is 13.2 Å². The Balaban J connectivity index is 0.000000221. The number of nitrogens with two attached hydrogens (primary N) is 1. The van der Waals surface area contributed by atoms with Crippen LogP contribution in [0.3, 0.4) is 0 Å². The molecule has 58 heavy (non-hydrogen) atoms. The van der Waals surface area contributed by atoms with Gasteiger partial charge in [-0.2, -0.15) is 0 Å². The Morgan fingerprint density at radius 2 is 1.09 bits per heavy atom. The molecule has 0 radical (unpaired) electrons. The second-order valence-corrected chi connectivity index (χ2v) is 13.9. The number of H-pyrrole nitrogens is 1. The fraction of sp³-hybridized carbons (Fsp3) is 0.308. The van der Waals surface area contributed by atoms with Crippen molar-refractivity contribution in [2.24, 2.45) is 5.73 Å². The maximum absolute atomic E-state index is 12.0. The highest BCUT2D eigenvalue weighted by Crippen LogP contribution is 2.37. The molecule has 0 bridgehead atoms. The van der Waals surface area contributed by atoms with Crippen LogP contribution in [0.5, 0.6) is 17.2 Å². The number of nitrogens with zero attached hydrogens (tertiary/aromatic N) is 2. The van der Waals surface area contributed by atoms with Crippen molar-refractivity contribution in [3.05, 3.63) is 95.1 Å². The minimum absolute atomic E-state index is 0.0989. The molecular weight excluding hydrogens is 877 g/mol. The lowest BCUT2D eigenvalue weighted by Gasteiger charge is -2.10. The number of hydrogen-bond acceptors (Lipinski definition) is 12. The molecule has 0 saturated carbocycles. The third-order valence-electron chi connectivity index (χ3n) is 7.76. The number of halogens is 6. The molecular formula is C39H44Cl6N6O7. The Labute approximate surface area is 366 Å². The third-order valence-corrected chi connectivity index (χ3v) is 9.68. The van der Waals surface area contributed by atoms with Gasteiger partial charge in [-0.25, -0.2) is 9.97 Å². The zero-order valence-electron chi connectivity index (χ0n) is 32.5. The standard InChI is InChI=1S/C13H14Cl2N2O2.C13H15ClN2O3.C10H6Cl3NO.C3H9NO/c1-18-6-5-16-11-7-9(14)8-3-4-10(19-2)12(15)13(8)17-11;1-18-6-5-15-11-7-9(17)8-3-4-10(19-2)12(14)13(8)16-11;1-15-7-3-2-5-6(11)4-8(12)14-10(5)9(7)13;1-5-3-2-4/h3-4,7H,5-6H2,1-2H3,(H,16,17);3-4,7H,5-6H2,1-2H3,(H2,15,16,17);2-4H,1H3;2-4H2,1H3. The van der Waals surface area contributed by atoms with Crippen molar-refractivity contribution in [3.63, 3.8) is 0 Å². The van der Waals surface area contributed by atoms with Gasteiger partial charge in [-0.1, -0.05) is 69.6 Å². The summed E-state index contributed by atoms with van der Waals surface area (Å²) in [6, 6.07) is 15.4. The number of aromatic amines is 1. The maximum atomic E-state index is 12.0. The van der Waals surface area contributed by atoms with E-state index < -0.39 is 0 Å². The predicted molar refractivity (Wildman–Crippen MR) is 239 cm³/mol. The zero-order valence-corrected chi connectivity index (χ0v) is 37.1. The van der Waals surface area contributed by atoms with Crippen molar-refractivity contribution < 1.29 is 28.4 Å². The van der Waals surface area contributed by atoms with Gasteiger partial charge in [-0.15, -0.1) is 0 Å². The average Bonchev–Trinajstić information content (AvgIpc) is 3.20.